The van der Waals surface area contributed by atoms with E-state index in [0.29, 0.717) is 59.2 Å². The largest absolute Gasteiger partial charge is 0.451 e. The van der Waals surface area contributed by atoms with Crippen LogP contribution in [0.5, 0.6) is 0 Å². The highest BCUT2D eigenvalue weighted by atomic mass is 19.1. The van der Waals surface area contributed by atoms with Crippen LogP contribution >= 0.6 is 0 Å². The molecule has 6 rings (SSSR count). The minimum atomic E-state index is -0.770. The smallest absolute Gasteiger partial charge is 0.432 e. The number of amides is 3. The van der Waals surface area contributed by atoms with Crippen molar-refractivity contribution in [2.75, 3.05) is 33.3 Å². The Labute approximate surface area is 320 Å². The van der Waals surface area contributed by atoms with E-state index < -0.39 is 23.6 Å². The lowest BCUT2D eigenvalue weighted by molar-refractivity contribution is -0.137. The zero-order chi connectivity index (χ0) is 39.4. The average Bonchev–Trinajstić information content (AvgIpc) is 4.01. The number of halogens is 2. The predicted molar refractivity (Wildman–Crippen MR) is 206 cm³/mol. The fraction of sp³-hybridized carbons (Fsp3) is 0.463. The van der Waals surface area contributed by atoms with E-state index in [2.05, 4.69) is 34.6 Å². The lowest BCUT2D eigenvalue weighted by Crippen LogP contribution is -2.46. The number of methoxy groups -OCH3 is 1. The first-order valence-electron chi connectivity index (χ1n) is 19.1. The summed E-state index contributed by atoms with van der Waals surface area (Å²) in [4.78, 5) is 63.7. The molecule has 4 atom stereocenters. The van der Waals surface area contributed by atoms with Gasteiger partial charge < -0.3 is 24.5 Å². The van der Waals surface area contributed by atoms with Crippen molar-refractivity contribution in [3.05, 3.63) is 72.1 Å². The molecular weight excluding hydrogens is 706 g/mol. The lowest BCUT2D eigenvalue weighted by Gasteiger charge is -2.31. The number of nitrogens with one attached hydrogen (secondary N) is 2. The molecule has 14 heteroatoms. The molecule has 2 fully saturated rings. The summed E-state index contributed by atoms with van der Waals surface area (Å²) in [6.07, 6.45) is 6.80. The molecule has 0 radical (unpaired) electrons. The van der Waals surface area contributed by atoms with E-state index in [1.54, 1.807) is 41.6 Å². The summed E-state index contributed by atoms with van der Waals surface area (Å²) in [5.74, 6) is -0.664. The zero-order valence-electron chi connectivity index (χ0n) is 32.3. The molecule has 55 heavy (non-hydrogen) atoms. The van der Waals surface area contributed by atoms with Gasteiger partial charge in [-0.1, -0.05) is 39.8 Å². The van der Waals surface area contributed by atoms with Crippen LogP contribution in [0.4, 0.5) is 13.6 Å². The molecule has 0 saturated carbocycles. The van der Waals surface area contributed by atoms with E-state index in [0.717, 1.165) is 32.4 Å². The Kier molecular flexibility index (Phi) is 12.2. The number of hydrogen-bond donors (Lipinski definition) is 2. The van der Waals surface area contributed by atoms with Gasteiger partial charge in [0.05, 0.1) is 54.9 Å². The number of rotatable bonds is 12. The van der Waals surface area contributed by atoms with Gasteiger partial charge in [0.15, 0.2) is 0 Å². The van der Waals surface area contributed by atoms with Gasteiger partial charge in [0.25, 0.3) is 0 Å². The van der Waals surface area contributed by atoms with Crippen molar-refractivity contribution >= 4 is 24.1 Å². The lowest BCUT2D eigenvalue weighted by atomic mass is 9.95. The molecular formula is C41H50F2N8O4. The van der Waals surface area contributed by atoms with Gasteiger partial charge in [-0.25, -0.2) is 23.5 Å². The van der Waals surface area contributed by atoms with Gasteiger partial charge in [-0.15, -0.1) is 0 Å². The minimum Gasteiger partial charge on any atom is -0.451 e. The van der Waals surface area contributed by atoms with Gasteiger partial charge in [0.1, 0.15) is 23.3 Å². The molecule has 0 spiro atoms. The van der Waals surface area contributed by atoms with Crippen LogP contribution in [0.1, 0.15) is 84.0 Å². The van der Waals surface area contributed by atoms with Crippen LogP contribution in [-0.2, 0) is 14.3 Å². The summed E-state index contributed by atoms with van der Waals surface area (Å²) in [5, 5.41) is 0. The Morgan fingerprint density at radius 2 is 1.35 bits per heavy atom. The number of nitrogens with zero attached hydrogens (tertiary/aromatic N) is 6. The highest BCUT2D eigenvalue weighted by Crippen LogP contribution is 2.36. The molecule has 2 saturated heterocycles. The van der Waals surface area contributed by atoms with Crippen LogP contribution in [-0.4, -0.2) is 98.1 Å². The maximum Gasteiger partial charge on any atom is 0.432 e. The molecule has 2 unspecified atom stereocenters. The van der Waals surface area contributed by atoms with Crippen molar-refractivity contribution in [1.29, 1.82) is 0 Å². The first-order chi connectivity index (χ1) is 26.4. The van der Waals surface area contributed by atoms with Crippen molar-refractivity contribution in [3.63, 3.8) is 0 Å². The van der Waals surface area contributed by atoms with Gasteiger partial charge in [0, 0.05) is 30.4 Å². The van der Waals surface area contributed by atoms with Crippen molar-refractivity contribution in [2.45, 2.75) is 78.4 Å². The third-order valence-electron chi connectivity index (χ3n) is 11.0. The van der Waals surface area contributed by atoms with Crippen LogP contribution < -0.4 is 0 Å². The third-order valence-corrected chi connectivity index (χ3v) is 11.0. The van der Waals surface area contributed by atoms with Crippen molar-refractivity contribution in [3.8, 4) is 33.6 Å². The Hall–Kier alpha value is -5.24. The third kappa shape index (κ3) is 8.24. The number of H-pyrrole nitrogens is 2. The standard InChI is InChI=1S/C41H50F2N8O4/c1-7-49(8-2)25(5)39(52)50-17-9-11-35(50)37-44-22-33(47-37)28-15-13-26(19-31(28)42)27-14-16-29(32(43)20-27)34-23-45-38(48-34)36-12-10-18-51(36)40(53)30(24(3)4)21-46-41(54)55-6/h13-16,19-25,30,35-36H,7-12,17-18H2,1-6H3,(H,44,47)(H,45,48)/b46-21-/t25?,30?,35-,36-/m0/s1. The molecule has 0 bridgehead atoms. The van der Waals surface area contributed by atoms with Crippen LogP contribution in [0.25, 0.3) is 33.6 Å². The molecule has 2 aromatic carbocycles. The van der Waals surface area contributed by atoms with Crippen LogP contribution in [0.15, 0.2) is 53.8 Å². The molecule has 292 valence electrons. The summed E-state index contributed by atoms with van der Waals surface area (Å²) >= 11 is 0. The second-order valence-electron chi connectivity index (χ2n) is 14.5. The number of aromatic nitrogens is 4. The Morgan fingerprint density at radius 3 is 1.78 bits per heavy atom. The topological polar surface area (TPSA) is 140 Å². The zero-order valence-corrected chi connectivity index (χ0v) is 32.3. The normalized spacial score (nSPS) is 18.5. The maximum absolute atomic E-state index is 15.7. The Balaban J connectivity index is 1.15. The van der Waals surface area contributed by atoms with E-state index in [1.807, 2.05) is 39.5 Å². The molecule has 3 amide bonds. The quantitative estimate of drug-likeness (QED) is 0.142. The van der Waals surface area contributed by atoms with Crippen molar-refractivity contribution in [1.82, 2.24) is 34.6 Å². The fourth-order valence-electron chi connectivity index (χ4n) is 7.82. The number of imidazole rings is 2. The van der Waals surface area contributed by atoms with Gasteiger partial charge in [-0.3, -0.25) is 14.5 Å². The fourth-order valence-corrected chi connectivity index (χ4v) is 7.82. The van der Waals surface area contributed by atoms with E-state index in [4.69, 9.17) is 0 Å². The van der Waals surface area contributed by atoms with E-state index in [-0.39, 0.29) is 41.4 Å². The van der Waals surface area contributed by atoms with Gasteiger partial charge >= 0.3 is 6.09 Å². The highest BCUT2D eigenvalue weighted by molar-refractivity contribution is 5.97. The molecule has 12 nitrogen and oxygen atoms in total. The second kappa shape index (κ2) is 17.1. The van der Waals surface area contributed by atoms with Crippen LogP contribution in [0, 0.1) is 23.5 Å². The Bertz CT molecular complexity index is 2040. The number of benzene rings is 2. The minimum absolute atomic E-state index is 0.0685. The number of ether oxygens (including phenoxy) is 1. The molecule has 4 aromatic rings. The summed E-state index contributed by atoms with van der Waals surface area (Å²) in [6, 6.07) is 8.70. The first kappa shape index (κ1) is 39.5. The second-order valence-corrected chi connectivity index (χ2v) is 14.5. The molecule has 2 aliphatic rings. The summed E-state index contributed by atoms with van der Waals surface area (Å²) in [6.45, 7) is 12.5. The number of likely N-dealkylation sites (tertiary alicyclic amines) is 2. The van der Waals surface area contributed by atoms with E-state index in [9.17, 15) is 14.4 Å². The van der Waals surface area contributed by atoms with Gasteiger partial charge in [-0.2, -0.15) is 4.99 Å². The molecule has 0 aliphatic carbocycles. The van der Waals surface area contributed by atoms with Crippen molar-refractivity contribution < 1.29 is 27.9 Å². The van der Waals surface area contributed by atoms with E-state index >= 15 is 8.78 Å². The maximum atomic E-state index is 15.7. The monoisotopic (exact) mass is 756 g/mol. The van der Waals surface area contributed by atoms with Gasteiger partial charge in [-0.05, 0) is 87.0 Å². The van der Waals surface area contributed by atoms with Gasteiger partial charge in [0.2, 0.25) is 11.8 Å². The molecule has 2 N–H and O–H groups in total. The first-order valence-corrected chi connectivity index (χ1v) is 19.1. The average molecular weight is 757 g/mol. The number of carbonyl (C=O) groups is 3. The SMILES string of the molecule is CCN(CC)C(C)C(=O)N1CCC[C@H]1c1ncc(-c2ccc(-c3ccc(-c4cnc([C@@H]5CCCN5C(=O)C(/C=N\C(=O)OC)C(C)C)[nH]4)c(F)c3)cc2F)[nH]1. The summed E-state index contributed by atoms with van der Waals surface area (Å²) in [5.41, 5.74) is 2.57. The molecule has 2 aliphatic heterocycles. The number of carbonyl (C=O) groups excluding carboxylic acids is 3. The molecule has 4 heterocycles. The molecule has 2 aromatic heterocycles. The number of likely N-dealkylation sites (N-methyl/N-ethyl adjacent to an activating group) is 1. The van der Waals surface area contributed by atoms with Crippen LogP contribution in [0.2, 0.25) is 0 Å². The van der Waals surface area contributed by atoms with Crippen molar-refractivity contribution in [2.24, 2.45) is 16.8 Å². The Morgan fingerprint density at radius 1 is 0.855 bits per heavy atom. The summed E-state index contributed by atoms with van der Waals surface area (Å²) < 4.78 is 36.0. The summed E-state index contributed by atoms with van der Waals surface area (Å²) in [7, 11) is 1.23. The number of aliphatic imine (C=N–C) groups is 1. The van der Waals surface area contributed by atoms with Crippen LogP contribution in [0.3, 0.4) is 0 Å². The highest BCUT2D eigenvalue weighted by Gasteiger charge is 2.37. The number of aromatic amines is 2. The van der Waals surface area contributed by atoms with E-state index in [1.165, 1.54) is 25.5 Å². The number of hydrogen-bond acceptors (Lipinski definition) is 7. The predicted octanol–water partition coefficient (Wildman–Crippen LogP) is 7.58.